The number of carboxylic acid groups (broad SMARTS) is 1. The number of benzene rings is 1. The molecule has 0 spiro atoms. The second-order valence-corrected chi connectivity index (χ2v) is 9.08. The molecule has 2 atom stereocenters. The predicted octanol–water partition coefficient (Wildman–Crippen LogP) is 3.16. The molecule has 2 N–H and O–H groups in total. The van der Waals surface area contributed by atoms with Crippen LogP contribution in [0.25, 0.3) is 0 Å². The number of rotatable bonds is 5. The van der Waals surface area contributed by atoms with E-state index in [1.807, 2.05) is 48.2 Å². The van der Waals surface area contributed by atoms with Crippen LogP contribution in [0.2, 0.25) is 5.02 Å². The van der Waals surface area contributed by atoms with Crippen LogP contribution in [0.3, 0.4) is 0 Å². The lowest BCUT2D eigenvalue weighted by molar-refractivity contribution is -0.135. The molecule has 0 unspecified atom stereocenters. The normalized spacial score (nSPS) is 21.6. The van der Waals surface area contributed by atoms with Gasteiger partial charge in [-0.1, -0.05) is 23.7 Å². The molecule has 0 aliphatic carbocycles. The van der Waals surface area contributed by atoms with Crippen LogP contribution in [-0.4, -0.2) is 64.9 Å². The molecule has 8 nitrogen and oxygen atoms in total. The Hall–Kier alpha value is -2.87. The first-order chi connectivity index (χ1) is 15.4. The summed E-state index contributed by atoms with van der Waals surface area (Å²) in [5.41, 5.74) is 1.96. The van der Waals surface area contributed by atoms with E-state index in [1.165, 1.54) is 0 Å². The minimum atomic E-state index is -1.05. The number of halogens is 1. The molecule has 170 valence electrons. The lowest BCUT2D eigenvalue weighted by atomic mass is 9.89. The quantitative estimate of drug-likeness (QED) is 0.715. The SMILES string of the molecule is Cc1ccc(N2CCC(C(=O)N3C[C@H](CNC(=O)O)[C@H](c4ccc(Cl)cc4)C3)CC2)nn1. The highest BCUT2D eigenvalue weighted by molar-refractivity contribution is 6.30. The molecule has 2 aliphatic heterocycles. The molecule has 1 aromatic carbocycles. The third-order valence-electron chi connectivity index (χ3n) is 6.52. The van der Waals surface area contributed by atoms with E-state index in [0.717, 1.165) is 43.0 Å². The number of hydrogen-bond donors (Lipinski definition) is 2. The third-order valence-corrected chi connectivity index (χ3v) is 6.77. The number of carbonyl (C=O) groups is 2. The van der Waals surface area contributed by atoms with Gasteiger partial charge >= 0.3 is 6.09 Å². The molecule has 2 amide bonds. The molecule has 3 heterocycles. The average Bonchev–Trinajstić information content (AvgIpc) is 3.22. The van der Waals surface area contributed by atoms with Crippen LogP contribution in [-0.2, 0) is 4.79 Å². The third kappa shape index (κ3) is 5.12. The van der Waals surface area contributed by atoms with Crippen LogP contribution < -0.4 is 10.2 Å². The van der Waals surface area contributed by atoms with Gasteiger partial charge in [0, 0.05) is 55.5 Å². The Labute approximate surface area is 192 Å². The van der Waals surface area contributed by atoms with E-state index in [0.29, 0.717) is 24.7 Å². The van der Waals surface area contributed by atoms with Crippen molar-refractivity contribution in [2.45, 2.75) is 25.7 Å². The molecule has 9 heteroatoms. The Morgan fingerprint density at radius 1 is 1.09 bits per heavy atom. The number of likely N-dealkylation sites (tertiary alicyclic amines) is 1. The van der Waals surface area contributed by atoms with Crippen LogP contribution in [0.4, 0.5) is 10.6 Å². The van der Waals surface area contributed by atoms with Gasteiger partial charge < -0.3 is 20.2 Å². The van der Waals surface area contributed by atoms with E-state index in [1.54, 1.807) is 0 Å². The van der Waals surface area contributed by atoms with Crippen LogP contribution in [0.15, 0.2) is 36.4 Å². The number of nitrogens with one attached hydrogen (secondary N) is 1. The van der Waals surface area contributed by atoms with Gasteiger partial charge in [0.2, 0.25) is 5.91 Å². The Morgan fingerprint density at radius 2 is 1.81 bits per heavy atom. The molecule has 32 heavy (non-hydrogen) atoms. The fourth-order valence-electron chi connectivity index (χ4n) is 4.74. The summed E-state index contributed by atoms with van der Waals surface area (Å²) in [5, 5.41) is 20.6. The molecular weight excluding hydrogens is 430 g/mol. The second-order valence-electron chi connectivity index (χ2n) is 8.64. The fraction of sp³-hybridized carbons (Fsp3) is 0.478. The van der Waals surface area contributed by atoms with Crippen molar-refractivity contribution in [2.75, 3.05) is 37.6 Å². The number of amides is 2. The van der Waals surface area contributed by atoms with Gasteiger partial charge in [-0.3, -0.25) is 4.79 Å². The molecule has 0 saturated carbocycles. The number of carbonyl (C=O) groups excluding carboxylic acids is 1. The first kappa shape index (κ1) is 22.3. The summed E-state index contributed by atoms with van der Waals surface area (Å²) in [6.07, 6.45) is 0.500. The topological polar surface area (TPSA) is 98.7 Å². The molecule has 0 radical (unpaired) electrons. The Balaban J connectivity index is 1.40. The summed E-state index contributed by atoms with van der Waals surface area (Å²) in [7, 11) is 0. The van der Waals surface area contributed by atoms with Crippen molar-refractivity contribution in [3.63, 3.8) is 0 Å². The van der Waals surface area contributed by atoms with E-state index >= 15 is 0 Å². The highest BCUT2D eigenvalue weighted by Crippen LogP contribution is 2.35. The van der Waals surface area contributed by atoms with Crippen molar-refractivity contribution < 1.29 is 14.7 Å². The molecule has 0 bridgehead atoms. The van der Waals surface area contributed by atoms with Crippen molar-refractivity contribution in [3.05, 3.63) is 52.7 Å². The summed E-state index contributed by atoms with van der Waals surface area (Å²) < 4.78 is 0. The summed E-state index contributed by atoms with van der Waals surface area (Å²) >= 11 is 6.03. The smallest absolute Gasteiger partial charge is 0.404 e. The maximum Gasteiger partial charge on any atom is 0.404 e. The monoisotopic (exact) mass is 457 g/mol. The van der Waals surface area contributed by atoms with Gasteiger partial charge in [0.25, 0.3) is 0 Å². The number of piperidine rings is 1. The van der Waals surface area contributed by atoms with Crippen LogP contribution in [0.1, 0.15) is 30.0 Å². The number of hydrogen-bond acceptors (Lipinski definition) is 5. The van der Waals surface area contributed by atoms with Crippen molar-refractivity contribution in [3.8, 4) is 0 Å². The summed E-state index contributed by atoms with van der Waals surface area (Å²) in [6, 6.07) is 11.5. The maximum absolute atomic E-state index is 13.3. The zero-order chi connectivity index (χ0) is 22.7. The van der Waals surface area contributed by atoms with Gasteiger partial charge in [-0.2, -0.15) is 5.10 Å². The van der Waals surface area contributed by atoms with Crippen molar-refractivity contribution >= 4 is 29.4 Å². The van der Waals surface area contributed by atoms with Crippen LogP contribution in [0, 0.1) is 18.8 Å². The standard InChI is InChI=1S/C23H28ClN5O3/c1-15-2-7-21(27-26-15)28-10-8-17(9-11-28)22(30)29-13-18(12-25-23(31)32)20(14-29)16-3-5-19(24)6-4-16/h2-7,17-18,20,25H,8-14H2,1H3,(H,31,32)/t18-,20-/m0/s1. The second kappa shape index (κ2) is 9.73. The fourth-order valence-corrected chi connectivity index (χ4v) is 4.86. The van der Waals surface area contributed by atoms with Crippen molar-refractivity contribution in [1.82, 2.24) is 20.4 Å². The van der Waals surface area contributed by atoms with E-state index < -0.39 is 6.09 Å². The minimum Gasteiger partial charge on any atom is -0.465 e. The largest absolute Gasteiger partial charge is 0.465 e. The zero-order valence-corrected chi connectivity index (χ0v) is 18.8. The van der Waals surface area contributed by atoms with Crippen molar-refractivity contribution in [1.29, 1.82) is 0 Å². The number of anilines is 1. The summed E-state index contributed by atoms with van der Waals surface area (Å²) in [4.78, 5) is 28.5. The van der Waals surface area contributed by atoms with E-state index in [-0.39, 0.29) is 23.7 Å². The van der Waals surface area contributed by atoms with Gasteiger partial charge in [-0.25, -0.2) is 4.79 Å². The van der Waals surface area contributed by atoms with Gasteiger partial charge in [0.15, 0.2) is 5.82 Å². The first-order valence-corrected chi connectivity index (χ1v) is 11.3. The number of aryl methyl sites for hydroxylation is 1. The van der Waals surface area contributed by atoms with Crippen LogP contribution >= 0.6 is 11.6 Å². The molecule has 1 aromatic heterocycles. The van der Waals surface area contributed by atoms with Crippen molar-refractivity contribution in [2.24, 2.45) is 11.8 Å². The minimum absolute atomic E-state index is 0.0262. The lowest BCUT2D eigenvalue weighted by Gasteiger charge is -2.33. The van der Waals surface area contributed by atoms with E-state index in [9.17, 15) is 9.59 Å². The first-order valence-electron chi connectivity index (χ1n) is 11.0. The molecule has 2 aliphatic rings. The zero-order valence-electron chi connectivity index (χ0n) is 18.1. The van der Waals surface area contributed by atoms with Gasteiger partial charge in [-0.05, 0) is 49.6 Å². The maximum atomic E-state index is 13.3. The van der Waals surface area contributed by atoms with Gasteiger partial charge in [0.05, 0.1) is 5.69 Å². The van der Waals surface area contributed by atoms with Crippen LogP contribution in [0.5, 0.6) is 0 Å². The molecule has 2 aromatic rings. The molecule has 2 fully saturated rings. The molecule has 2 saturated heterocycles. The number of aromatic nitrogens is 2. The Morgan fingerprint density at radius 3 is 2.44 bits per heavy atom. The Bertz CT molecular complexity index is 945. The number of nitrogens with zero attached hydrogens (tertiary/aromatic N) is 4. The average molecular weight is 458 g/mol. The van der Waals surface area contributed by atoms with E-state index in [2.05, 4.69) is 20.4 Å². The lowest BCUT2D eigenvalue weighted by Crippen LogP contribution is -2.42. The molecule has 4 rings (SSSR count). The van der Waals surface area contributed by atoms with Gasteiger partial charge in [0.1, 0.15) is 0 Å². The predicted molar refractivity (Wildman–Crippen MR) is 122 cm³/mol. The summed E-state index contributed by atoms with van der Waals surface area (Å²) in [5.74, 6) is 1.09. The Kier molecular flexibility index (Phi) is 6.79. The highest BCUT2D eigenvalue weighted by Gasteiger charge is 2.39. The summed E-state index contributed by atoms with van der Waals surface area (Å²) in [6.45, 7) is 4.91. The van der Waals surface area contributed by atoms with Gasteiger partial charge in [-0.15, -0.1) is 5.10 Å². The highest BCUT2D eigenvalue weighted by atomic mass is 35.5. The molecular formula is C23H28ClN5O3. The van der Waals surface area contributed by atoms with E-state index in [4.69, 9.17) is 16.7 Å².